The van der Waals surface area contributed by atoms with Crippen LogP contribution in [0.5, 0.6) is 0 Å². The molecule has 29 heavy (non-hydrogen) atoms. The van der Waals surface area contributed by atoms with Gasteiger partial charge in [0.15, 0.2) is 0 Å². The fraction of sp³-hybridized carbons (Fsp3) is 0.500. The van der Waals surface area contributed by atoms with Gasteiger partial charge in [-0.3, -0.25) is 14.8 Å². The van der Waals surface area contributed by atoms with Gasteiger partial charge in [-0.05, 0) is 36.6 Å². The van der Waals surface area contributed by atoms with Gasteiger partial charge in [0.05, 0.1) is 17.7 Å². The van der Waals surface area contributed by atoms with Crippen molar-refractivity contribution in [3.8, 4) is 0 Å². The first-order valence-electron chi connectivity index (χ1n) is 10.5. The minimum absolute atomic E-state index is 0.0231. The minimum atomic E-state index is 0.0231. The Bertz CT molecular complexity index is 935. The van der Waals surface area contributed by atoms with Crippen molar-refractivity contribution in [2.75, 3.05) is 39.3 Å². The van der Waals surface area contributed by atoms with Gasteiger partial charge in [-0.15, -0.1) is 10.2 Å². The molecule has 0 unspecified atom stereocenters. The summed E-state index contributed by atoms with van der Waals surface area (Å²) in [5, 5.41) is 9.00. The van der Waals surface area contributed by atoms with E-state index in [0.29, 0.717) is 0 Å². The van der Waals surface area contributed by atoms with E-state index in [1.54, 1.807) is 12.7 Å². The number of piperidine rings is 1. The van der Waals surface area contributed by atoms with Gasteiger partial charge in [0.25, 0.3) is 0 Å². The lowest BCUT2D eigenvalue weighted by molar-refractivity contribution is -0.136. The molecule has 2 saturated heterocycles. The topological polar surface area (TPSA) is 59.3 Å². The Morgan fingerprint density at radius 2 is 1.83 bits per heavy atom. The summed E-state index contributed by atoms with van der Waals surface area (Å²) in [6.45, 7) is 8.01. The lowest BCUT2D eigenvalue weighted by atomic mass is 9.89. The highest BCUT2D eigenvalue weighted by molar-refractivity contribution is 5.78. The fourth-order valence-corrected chi connectivity index (χ4v) is 4.61. The van der Waals surface area contributed by atoms with Crippen molar-refractivity contribution < 1.29 is 4.74 Å². The molecule has 2 aromatic heterocycles. The smallest absolute Gasteiger partial charge is 0.119 e. The molecule has 1 spiro atoms. The highest BCUT2D eigenvalue weighted by Gasteiger charge is 2.39. The normalized spacial score (nSPS) is 20.4. The van der Waals surface area contributed by atoms with Gasteiger partial charge >= 0.3 is 0 Å². The maximum Gasteiger partial charge on any atom is 0.119 e. The van der Waals surface area contributed by atoms with Crippen LogP contribution in [0.1, 0.15) is 18.4 Å². The van der Waals surface area contributed by atoms with Crippen LogP contribution in [-0.2, 0) is 17.8 Å². The molecule has 0 amide bonds. The van der Waals surface area contributed by atoms with Crippen molar-refractivity contribution in [1.82, 2.24) is 29.5 Å². The van der Waals surface area contributed by atoms with Gasteiger partial charge in [-0.1, -0.05) is 12.1 Å². The molecule has 2 aliphatic rings. The van der Waals surface area contributed by atoms with Crippen molar-refractivity contribution in [2.45, 2.75) is 31.5 Å². The third-order valence-corrected chi connectivity index (χ3v) is 6.31. The number of morpholine rings is 1. The molecule has 2 fully saturated rings. The first-order valence-corrected chi connectivity index (χ1v) is 10.5. The minimum Gasteiger partial charge on any atom is -0.372 e. The molecule has 3 aromatic rings. The van der Waals surface area contributed by atoms with E-state index in [0.717, 1.165) is 70.8 Å². The Labute approximate surface area is 171 Å². The van der Waals surface area contributed by atoms with Crippen LogP contribution in [0.25, 0.3) is 10.9 Å². The van der Waals surface area contributed by atoms with Crippen LogP contribution in [0.2, 0.25) is 0 Å². The molecule has 0 atom stereocenters. The summed E-state index contributed by atoms with van der Waals surface area (Å²) in [6, 6.07) is 10.8. The highest BCUT2D eigenvalue weighted by atomic mass is 16.5. The summed E-state index contributed by atoms with van der Waals surface area (Å²) in [6.07, 6.45) is 7.64. The summed E-state index contributed by atoms with van der Waals surface area (Å²) in [7, 11) is 0. The van der Waals surface area contributed by atoms with E-state index in [4.69, 9.17) is 4.74 Å². The monoisotopic (exact) mass is 392 g/mol. The van der Waals surface area contributed by atoms with Crippen LogP contribution in [0, 0.1) is 0 Å². The number of ether oxygens (including phenoxy) is 1. The predicted octanol–water partition coefficient (Wildman–Crippen LogP) is 2.19. The van der Waals surface area contributed by atoms with E-state index in [-0.39, 0.29) is 5.60 Å². The molecular formula is C22H28N6O. The van der Waals surface area contributed by atoms with Crippen LogP contribution in [0.3, 0.4) is 0 Å². The number of benzene rings is 1. The zero-order chi connectivity index (χ0) is 19.5. The molecule has 0 radical (unpaired) electrons. The summed E-state index contributed by atoms with van der Waals surface area (Å²) in [4.78, 5) is 9.52. The second-order valence-corrected chi connectivity index (χ2v) is 8.31. The van der Waals surface area contributed by atoms with Crippen LogP contribution >= 0.6 is 0 Å². The second kappa shape index (κ2) is 8.18. The van der Waals surface area contributed by atoms with E-state index in [9.17, 15) is 0 Å². The Balaban J connectivity index is 1.15. The number of fused-ring (bicyclic) bond motifs is 1. The van der Waals surface area contributed by atoms with Gasteiger partial charge in [-0.25, -0.2) is 0 Å². The molecule has 7 nitrogen and oxygen atoms in total. The number of aromatic nitrogens is 4. The molecule has 2 aliphatic heterocycles. The zero-order valence-electron chi connectivity index (χ0n) is 16.8. The molecule has 0 aliphatic carbocycles. The molecular weight excluding hydrogens is 364 g/mol. The first kappa shape index (κ1) is 18.7. The summed E-state index contributed by atoms with van der Waals surface area (Å²) >= 11 is 0. The number of rotatable bonds is 5. The van der Waals surface area contributed by atoms with Crippen molar-refractivity contribution in [1.29, 1.82) is 0 Å². The highest BCUT2D eigenvalue weighted by Crippen LogP contribution is 2.31. The Hall–Kier alpha value is -2.35. The number of hydrogen-bond donors (Lipinski definition) is 0. The molecule has 0 N–H and O–H groups in total. The van der Waals surface area contributed by atoms with Gasteiger partial charge in [0, 0.05) is 57.4 Å². The van der Waals surface area contributed by atoms with Gasteiger partial charge < -0.3 is 9.30 Å². The summed E-state index contributed by atoms with van der Waals surface area (Å²) < 4.78 is 8.37. The lowest BCUT2D eigenvalue weighted by Crippen LogP contribution is -2.57. The maximum atomic E-state index is 6.32. The SMILES string of the molecule is c1cnc2ccc(CN3CCC4(CC3)CN(CCn3cnnc3)CCO4)cc2c1. The van der Waals surface area contributed by atoms with E-state index in [1.165, 1.54) is 10.9 Å². The van der Waals surface area contributed by atoms with E-state index < -0.39 is 0 Å². The van der Waals surface area contributed by atoms with Crippen molar-refractivity contribution in [3.63, 3.8) is 0 Å². The van der Waals surface area contributed by atoms with Gasteiger partial charge in [0.1, 0.15) is 12.7 Å². The van der Waals surface area contributed by atoms with Crippen molar-refractivity contribution in [2.24, 2.45) is 0 Å². The third-order valence-electron chi connectivity index (χ3n) is 6.31. The van der Waals surface area contributed by atoms with Crippen LogP contribution < -0.4 is 0 Å². The zero-order valence-corrected chi connectivity index (χ0v) is 16.8. The summed E-state index contributed by atoms with van der Waals surface area (Å²) in [5.41, 5.74) is 2.45. The van der Waals surface area contributed by atoms with Crippen LogP contribution in [-0.4, -0.2) is 74.5 Å². The molecule has 7 heteroatoms. The fourth-order valence-electron chi connectivity index (χ4n) is 4.61. The average molecular weight is 393 g/mol. The second-order valence-electron chi connectivity index (χ2n) is 8.31. The van der Waals surface area contributed by atoms with E-state index in [2.05, 4.69) is 49.2 Å². The van der Waals surface area contributed by atoms with Crippen LogP contribution in [0.15, 0.2) is 49.2 Å². The van der Waals surface area contributed by atoms with Crippen molar-refractivity contribution >= 4 is 10.9 Å². The Kier molecular flexibility index (Phi) is 5.26. The number of likely N-dealkylation sites (tertiary alicyclic amines) is 1. The number of hydrogen-bond acceptors (Lipinski definition) is 6. The largest absolute Gasteiger partial charge is 0.372 e. The van der Waals surface area contributed by atoms with E-state index >= 15 is 0 Å². The summed E-state index contributed by atoms with van der Waals surface area (Å²) in [5.74, 6) is 0. The van der Waals surface area contributed by atoms with Crippen molar-refractivity contribution in [3.05, 3.63) is 54.7 Å². The van der Waals surface area contributed by atoms with Gasteiger partial charge in [-0.2, -0.15) is 0 Å². The molecule has 0 saturated carbocycles. The number of nitrogens with zero attached hydrogens (tertiary/aromatic N) is 6. The first-order chi connectivity index (χ1) is 14.3. The predicted molar refractivity (Wildman–Crippen MR) is 111 cm³/mol. The van der Waals surface area contributed by atoms with E-state index in [1.807, 2.05) is 16.8 Å². The maximum absolute atomic E-state index is 6.32. The molecule has 152 valence electrons. The molecule has 4 heterocycles. The van der Waals surface area contributed by atoms with Crippen LogP contribution in [0.4, 0.5) is 0 Å². The Morgan fingerprint density at radius 1 is 0.966 bits per heavy atom. The quantitative estimate of drug-likeness (QED) is 0.663. The molecule has 5 rings (SSSR count). The van der Waals surface area contributed by atoms with Gasteiger partial charge in [0.2, 0.25) is 0 Å². The Morgan fingerprint density at radius 3 is 2.69 bits per heavy atom. The standard InChI is InChI=1S/C22H28N6O/c1-2-20-14-19(3-4-21(20)23-7-1)15-26-8-5-22(6-9-26)16-27(12-13-29-22)10-11-28-17-24-25-18-28/h1-4,7,14,17-18H,5-6,8-13,15-16H2. The molecule has 0 bridgehead atoms. The third kappa shape index (κ3) is 4.32. The lowest BCUT2D eigenvalue weighted by Gasteiger charge is -2.47. The molecule has 1 aromatic carbocycles. The number of pyridine rings is 1. The average Bonchev–Trinajstić information content (AvgIpc) is 3.28.